The van der Waals surface area contributed by atoms with Crippen molar-refractivity contribution in [2.24, 2.45) is 5.92 Å². The van der Waals surface area contributed by atoms with Gasteiger partial charge in [0.05, 0.1) is 13.2 Å². The van der Waals surface area contributed by atoms with Crippen molar-refractivity contribution in [1.29, 1.82) is 0 Å². The first-order chi connectivity index (χ1) is 7.52. The lowest BCUT2D eigenvalue weighted by Crippen LogP contribution is -2.27. The molecule has 0 aliphatic carbocycles. The van der Waals surface area contributed by atoms with E-state index in [1.807, 2.05) is 6.92 Å². The van der Waals surface area contributed by atoms with Crippen LogP contribution in [0.5, 0.6) is 0 Å². The van der Waals surface area contributed by atoms with E-state index in [9.17, 15) is 9.59 Å². The van der Waals surface area contributed by atoms with Crippen molar-refractivity contribution in [3.8, 4) is 0 Å². The van der Waals surface area contributed by atoms with Crippen molar-refractivity contribution in [2.45, 2.75) is 27.2 Å². The zero-order chi connectivity index (χ0) is 12.6. The third kappa shape index (κ3) is 5.90. The fourth-order valence-electron chi connectivity index (χ4n) is 1.05. The largest absolute Gasteiger partial charge is 0.465 e. The lowest BCUT2D eigenvalue weighted by Gasteiger charge is -2.12. The molecule has 4 nitrogen and oxygen atoms in total. The van der Waals surface area contributed by atoms with E-state index >= 15 is 0 Å². The van der Waals surface area contributed by atoms with Gasteiger partial charge >= 0.3 is 11.9 Å². The minimum Gasteiger partial charge on any atom is -0.465 e. The third-order valence-corrected chi connectivity index (χ3v) is 2.10. The van der Waals surface area contributed by atoms with Crippen LogP contribution in [-0.2, 0) is 19.1 Å². The Morgan fingerprint density at radius 2 is 1.62 bits per heavy atom. The van der Waals surface area contributed by atoms with Crippen LogP contribution in [0.1, 0.15) is 27.2 Å². The summed E-state index contributed by atoms with van der Waals surface area (Å²) in [6.45, 7) is 5.74. The molecule has 0 saturated heterocycles. The Kier molecular flexibility index (Phi) is 7.89. The van der Waals surface area contributed by atoms with E-state index in [-0.39, 0.29) is 19.6 Å². The highest BCUT2D eigenvalue weighted by Crippen LogP contribution is 2.13. The lowest BCUT2D eigenvalue weighted by molar-refractivity contribution is -0.161. The van der Waals surface area contributed by atoms with Gasteiger partial charge in [-0.3, -0.25) is 9.59 Å². The van der Waals surface area contributed by atoms with Gasteiger partial charge < -0.3 is 9.47 Å². The summed E-state index contributed by atoms with van der Waals surface area (Å²) in [5.41, 5.74) is 0. The second-order valence-corrected chi connectivity index (χ2v) is 4.33. The molecule has 16 heavy (non-hydrogen) atoms. The average Bonchev–Trinajstić information content (AvgIpc) is 2.18. The number of allylic oxidation sites excluding steroid dienone is 2. The number of rotatable bonds is 6. The molecule has 0 aliphatic rings. The predicted molar refractivity (Wildman–Crippen MR) is 64.1 cm³/mol. The first-order valence-corrected chi connectivity index (χ1v) is 5.97. The minimum atomic E-state index is -0.868. The van der Waals surface area contributed by atoms with Gasteiger partial charge in [-0.05, 0) is 31.7 Å². The van der Waals surface area contributed by atoms with Gasteiger partial charge in [-0.1, -0.05) is 22.0 Å². The zero-order valence-electron chi connectivity index (χ0n) is 9.79. The quantitative estimate of drug-likeness (QED) is 0.557. The Morgan fingerprint density at radius 1 is 1.19 bits per heavy atom. The molecule has 5 heteroatoms. The van der Waals surface area contributed by atoms with Crippen LogP contribution in [0.3, 0.4) is 0 Å². The van der Waals surface area contributed by atoms with Gasteiger partial charge in [-0.2, -0.15) is 0 Å². The summed E-state index contributed by atoms with van der Waals surface area (Å²) < 4.78 is 10.5. The van der Waals surface area contributed by atoms with Crippen molar-refractivity contribution < 1.29 is 19.1 Å². The minimum absolute atomic E-state index is 0.256. The molecule has 0 aromatic carbocycles. The van der Waals surface area contributed by atoms with Crippen LogP contribution in [0.15, 0.2) is 10.6 Å². The van der Waals surface area contributed by atoms with Gasteiger partial charge in [-0.25, -0.2) is 0 Å². The molecule has 0 aromatic heterocycles. The molecule has 0 unspecified atom stereocenters. The van der Waals surface area contributed by atoms with Crippen LogP contribution >= 0.6 is 15.9 Å². The molecule has 0 saturated carbocycles. The summed E-state index contributed by atoms with van der Waals surface area (Å²) in [6.07, 6.45) is 2.03. The van der Waals surface area contributed by atoms with E-state index < -0.39 is 17.9 Å². The lowest BCUT2D eigenvalue weighted by atomic mass is 10.1. The van der Waals surface area contributed by atoms with Crippen LogP contribution in [-0.4, -0.2) is 25.2 Å². The van der Waals surface area contributed by atoms with Crippen molar-refractivity contribution in [3.05, 3.63) is 10.6 Å². The van der Waals surface area contributed by atoms with E-state index in [2.05, 4.69) is 15.9 Å². The Balaban J connectivity index is 4.55. The molecule has 0 rings (SSSR count). The highest BCUT2D eigenvalue weighted by atomic mass is 79.9. The first-order valence-electron chi connectivity index (χ1n) is 5.18. The second-order valence-electron chi connectivity index (χ2n) is 3.08. The molecule has 0 amide bonds. The first kappa shape index (κ1) is 15.2. The van der Waals surface area contributed by atoms with Gasteiger partial charge in [0, 0.05) is 0 Å². The van der Waals surface area contributed by atoms with Gasteiger partial charge in [0.1, 0.15) is 0 Å². The molecule has 0 heterocycles. The normalized spacial score (nSPS) is 11.4. The average molecular weight is 293 g/mol. The third-order valence-electron chi connectivity index (χ3n) is 1.78. The summed E-state index contributed by atoms with van der Waals surface area (Å²) in [6, 6.07) is 0. The Bertz CT molecular complexity index is 251. The van der Waals surface area contributed by atoms with Gasteiger partial charge in [0.2, 0.25) is 0 Å². The molecule has 0 aromatic rings. The standard InChI is InChI=1S/C11H17BrO4/c1-4-15-10(13)9(7-6-8(3)12)11(14)16-5-2/h6,9H,4-5,7H2,1-3H3/b8-6+. The Morgan fingerprint density at radius 3 is 1.94 bits per heavy atom. The van der Waals surface area contributed by atoms with Crippen LogP contribution in [0.4, 0.5) is 0 Å². The molecule has 0 radical (unpaired) electrons. The van der Waals surface area contributed by atoms with Gasteiger partial charge in [-0.15, -0.1) is 0 Å². The summed E-state index contributed by atoms with van der Waals surface area (Å²) in [5.74, 6) is -1.94. The molecule has 0 spiro atoms. The van der Waals surface area contributed by atoms with Gasteiger partial charge in [0.15, 0.2) is 5.92 Å². The van der Waals surface area contributed by atoms with Gasteiger partial charge in [0.25, 0.3) is 0 Å². The number of halogens is 1. The summed E-state index contributed by atoms with van der Waals surface area (Å²) in [7, 11) is 0. The molecule has 0 aliphatic heterocycles. The Hall–Kier alpha value is -0.840. The predicted octanol–water partition coefficient (Wildman–Crippen LogP) is 2.42. The smallest absolute Gasteiger partial charge is 0.320 e. The summed E-state index contributed by atoms with van der Waals surface area (Å²) in [4.78, 5) is 23.0. The van der Waals surface area contributed by atoms with E-state index in [0.29, 0.717) is 0 Å². The fourth-order valence-corrected chi connectivity index (χ4v) is 1.24. The molecular formula is C11H17BrO4. The SMILES string of the molecule is CCOC(=O)C(C/C=C(\C)Br)C(=O)OCC. The molecule has 0 N–H and O–H groups in total. The maximum atomic E-state index is 11.5. The maximum absolute atomic E-state index is 11.5. The van der Waals surface area contributed by atoms with E-state index in [1.54, 1.807) is 19.9 Å². The molecule has 0 bridgehead atoms. The molecule has 0 atom stereocenters. The van der Waals surface area contributed by atoms with E-state index in [4.69, 9.17) is 9.47 Å². The van der Waals surface area contributed by atoms with Crippen LogP contribution in [0.25, 0.3) is 0 Å². The van der Waals surface area contributed by atoms with Crippen molar-refractivity contribution >= 4 is 27.9 Å². The summed E-state index contributed by atoms with van der Waals surface area (Å²) in [5, 5.41) is 0. The van der Waals surface area contributed by atoms with Crippen LogP contribution < -0.4 is 0 Å². The summed E-state index contributed by atoms with van der Waals surface area (Å²) >= 11 is 3.24. The molecule has 0 fully saturated rings. The monoisotopic (exact) mass is 292 g/mol. The van der Waals surface area contributed by atoms with Crippen molar-refractivity contribution in [3.63, 3.8) is 0 Å². The molecular weight excluding hydrogens is 276 g/mol. The second kappa shape index (κ2) is 8.33. The number of ether oxygens (including phenoxy) is 2. The topological polar surface area (TPSA) is 52.6 Å². The number of hydrogen-bond donors (Lipinski definition) is 0. The number of carbonyl (C=O) groups excluding carboxylic acids is 2. The maximum Gasteiger partial charge on any atom is 0.320 e. The van der Waals surface area contributed by atoms with Crippen molar-refractivity contribution in [1.82, 2.24) is 0 Å². The zero-order valence-corrected chi connectivity index (χ0v) is 11.4. The van der Waals surface area contributed by atoms with E-state index in [1.165, 1.54) is 0 Å². The fraction of sp³-hybridized carbons (Fsp3) is 0.636. The number of carbonyl (C=O) groups is 2. The van der Waals surface area contributed by atoms with Crippen LogP contribution in [0.2, 0.25) is 0 Å². The molecule has 92 valence electrons. The van der Waals surface area contributed by atoms with E-state index in [0.717, 1.165) is 4.48 Å². The number of hydrogen-bond acceptors (Lipinski definition) is 4. The van der Waals surface area contributed by atoms with Crippen molar-refractivity contribution in [2.75, 3.05) is 13.2 Å². The highest BCUT2D eigenvalue weighted by Gasteiger charge is 2.28. The highest BCUT2D eigenvalue weighted by molar-refractivity contribution is 9.11. The van der Waals surface area contributed by atoms with Crippen LogP contribution in [0, 0.1) is 5.92 Å². The Labute approximate surface area is 104 Å². The number of esters is 2.